The Morgan fingerprint density at radius 1 is 1.11 bits per heavy atom. The Morgan fingerprint density at radius 3 is 2.58 bits per heavy atom. The number of hydrogen-bond donors (Lipinski definition) is 0. The number of halogens is 3. The standard InChI is InChI=1S/C29H26Br2ClN3O3/c1-37-24-15-20(25(31)26(32)27(24)38-17-18-11-13-21(30)14-12-18)16-33-35-28(19-7-3-2-4-8-19)34-23-10-6-5-9-22(23)29(35)36/h5-6,9-16,19H,2-4,7-8,17H2,1H3. The quantitative estimate of drug-likeness (QED) is 0.188. The van der Waals surface area contributed by atoms with Crippen molar-refractivity contribution in [3.63, 3.8) is 0 Å². The largest absolute Gasteiger partial charge is 0.493 e. The van der Waals surface area contributed by atoms with Gasteiger partial charge in [-0.2, -0.15) is 9.78 Å². The van der Waals surface area contributed by atoms with Gasteiger partial charge in [-0.25, -0.2) is 4.98 Å². The van der Waals surface area contributed by atoms with Crippen LogP contribution in [-0.4, -0.2) is 23.0 Å². The first-order valence-electron chi connectivity index (χ1n) is 12.5. The van der Waals surface area contributed by atoms with E-state index in [4.69, 9.17) is 26.1 Å². The zero-order valence-electron chi connectivity index (χ0n) is 20.8. The van der Waals surface area contributed by atoms with E-state index in [1.54, 1.807) is 25.5 Å². The summed E-state index contributed by atoms with van der Waals surface area (Å²) in [5.41, 5.74) is 2.16. The third-order valence-electron chi connectivity index (χ3n) is 6.73. The molecular formula is C29H26Br2ClN3O3. The van der Waals surface area contributed by atoms with E-state index in [2.05, 4.69) is 37.0 Å². The number of benzene rings is 3. The molecule has 0 aliphatic heterocycles. The fourth-order valence-corrected chi connectivity index (χ4v) is 5.64. The molecule has 6 nitrogen and oxygen atoms in total. The van der Waals surface area contributed by atoms with Gasteiger partial charge in [-0.05, 0) is 64.7 Å². The predicted molar refractivity (Wildman–Crippen MR) is 159 cm³/mol. The van der Waals surface area contributed by atoms with Gasteiger partial charge in [0.2, 0.25) is 0 Å². The maximum atomic E-state index is 13.5. The number of aromatic nitrogens is 2. The Hall–Kier alpha value is -2.68. The molecule has 4 aromatic rings. The monoisotopic (exact) mass is 657 g/mol. The van der Waals surface area contributed by atoms with Crippen molar-refractivity contribution in [1.29, 1.82) is 0 Å². The normalized spacial score (nSPS) is 14.3. The summed E-state index contributed by atoms with van der Waals surface area (Å²) < 4.78 is 14.7. The molecule has 0 saturated heterocycles. The topological polar surface area (TPSA) is 65.7 Å². The Labute approximate surface area is 242 Å². The summed E-state index contributed by atoms with van der Waals surface area (Å²) in [6, 6.07) is 17.1. The van der Waals surface area contributed by atoms with E-state index in [0.717, 1.165) is 35.7 Å². The van der Waals surface area contributed by atoms with Crippen LogP contribution >= 0.6 is 43.5 Å². The number of rotatable bonds is 7. The average Bonchev–Trinajstić information content (AvgIpc) is 2.95. The van der Waals surface area contributed by atoms with Crippen LogP contribution in [0.3, 0.4) is 0 Å². The van der Waals surface area contributed by atoms with Crippen molar-refractivity contribution < 1.29 is 9.47 Å². The van der Waals surface area contributed by atoms with Gasteiger partial charge in [-0.15, -0.1) is 0 Å². The first kappa shape index (κ1) is 26.9. The lowest BCUT2D eigenvalue weighted by Crippen LogP contribution is -2.25. The highest BCUT2D eigenvalue weighted by molar-refractivity contribution is 9.10. The summed E-state index contributed by atoms with van der Waals surface area (Å²) >= 11 is 13.7. The van der Waals surface area contributed by atoms with Gasteiger partial charge in [0.1, 0.15) is 17.5 Å². The number of ether oxygens (including phenoxy) is 2. The Morgan fingerprint density at radius 2 is 1.84 bits per heavy atom. The van der Waals surface area contributed by atoms with Gasteiger partial charge in [0.15, 0.2) is 11.5 Å². The van der Waals surface area contributed by atoms with Gasteiger partial charge in [-0.1, -0.05) is 71.1 Å². The zero-order chi connectivity index (χ0) is 26.6. The molecule has 0 radical (unpaired) electrons. The van der Waals surface area contributed by atoms with Crippen molar-refractivity contribution in [2.75, 3.05) is 7.11 Å². The zero-order valence-corrected chi connectivity index (χ0v) is 24.7. The lowest BCUT2D eigenvalue weighted by atomic mass is 9.88. The molecule has 5 rings (SSSR count). The third kappa shape index (κ3) is 5.67. The fourth-order valence-electron chi connectivity index (χ4n) is 4.72. The van der Waals surface area contributed by atoms with E-state index in [1.807, 2.05) is 42.5 Å². The molecule has 1 aliphatic rings. The first-order chi connectivity index (χ1) is 18.5. The summed E-state index contributed by atoms with van der Waals surface area (Å²) in [4.78, 5) is 18.4. The van der Waals surface area contributed by atoms with Crippen LogP contribution in [0.5, 0.6) is 11.5 Å². The van der Waals surface area contributed by atoms with Crippen LogP contribution in [0.1, 0.15) is 55.0 Å². The summed E-state index contributed by atoms with van der Waals surface area (Å²) in [5.74, 6) is 1.78. The predicted octanol–water partition coefficient (Wildman–Crippen LogP) is 8.09. The van der Waals surface area contributed by atoms with E-state index in [0.29, 0.717) is 49.9 Å². The maximum Gasteiger partial charge on any atom is 0.282 e. The third-order valence-corrected chi connectivity index (χ3v) is 8.71. The maximum absolute atomic E-state index is 13.5. The lowest BCUT2D eigenvalue weighted by molar-refractivity contribution is 0.284. The number of para-hydroxylation sites is 1. The van der Waals surface area contributed by atoms with E-state index >= 15 is 0 Å². The minimum atomic E-state index is -0.184. The lowest BCUT2D eigenvalue weighted by Gasteiger charge is -2.22. The second-order valence-electron chi connectivity index (χ2n) is 9.22. The van der Waals surface area contributed by atoms with Gasteiger partial charge >= 0.3 is 0 Å². The molecule has 1 aromatic heterocycles. The number of hydrogen-bond acceptors (Lipinski definition) is 5. The van der Waals surface area contributed by atoms with Crippen molar-refractivity contribution >= 4 is 60.6 Å². The molecule has 0 bridgehead atoms. The van der Waals surface area contributed by atoms with E-state index < -0.39 is 0 Å². The smallest absolute Gasteiger partial charge is 0.282 e. The van der Waals surface area contributed by atoms with Gasteiger partial charge in [0.05, 0.1) is 24.2 Å². The molecule has 1 heterocycles. The molecule has 0 spiro atoms. The van der Waals surface area contributed by atoms with Crippen LogP contribution in [0, 0.1) is 0 Å². The molecule has 1 saturated carbocycles. The second kappa shape index (κ2) is 12.0. The van der Waals surface area contributed by atoms with Crippen LogP contribution in [0.4, 0.5) is 0 Å². The molecule has 38 heavy (non-hydrogen) atoms. The van der Waals surface area contributed by atoms with Crippen molar-refractivity contribution in [3.8, 4) is 11.5 Å². The van der Waals surface area contributed by atoms with Gasteiger partial charge in [0, 0.05) is 20.4 Å². The molecule has 1 fully saturated rings. The summed E-state index contributed by atoms with van der Waals surface area (Å²) in [6.45, 7) is 0.326. The highest BCUT2D eigenvalue weighted by Crippen LogP contribution is 2.42. The van der Waals surface area contributed by atoms with Crippen LogP contribution in [0.2, 0.25) is 5.02 Å². The van der Waals surface area contributed by atoms with E-state index in [-0.39, 0.29) is 11.5 Å². The number of methoxy groups -OCH3 is 1. The highest BCUT2D eigenvalue weighted by Gasteiger charge is 2.23. The van der Waals surface area contributed by atoms with Crippen molar-refractivity contribution in [1.82, 2.24) is 9.66 Å². The molecule has 3 aromatic carbocycles. The highest BCUT2D eigenvalue weighted by atomic mass is 79.9. The molecule has 196 valence electrons. The summed E-state index contributed by atoms with van der Waals surface area (Å²) in [6.07, 6.45) is 7.05. The van der Waals surface area contributed by atoms with Gasteiger partial charge < -0.3 is 9.47 Å². The Bertz CT molecular complexity index is 1550. The van der Waals surface area contributed by atoms with Crippen LogP contribution in [-0.2, 0) is 6.61 Å². The molecule has 0 unspecified atom stereocenters. The van der Waals surface area contributed by atoms with Crippen molar-refractivity contribution in [2.24, 2.45) is 5.10 Å². The van der Waals surface area contributed by atoms with Crippen molar-refractivity contribution in [2.45, 2.75) is 44.6 Å². The van der Waals surface area contributed by atoms with Gasteiger partial charge in [-0.3, -0.25) is 4.79 Å². The summed E-state index contributed by atoms with van der Waals surface area (Å²) in [5, 5.41) is 5.54. The Kier molecular flexibility index (Phi) is 8.51. The second-order valence-corrected chi connectivity index (χ2v) is 11.3. The van der Waals surface area contributed by atoms with Crippen molar-refractivity contribution in [3.05, 3.63) is 95.9 Å². The Balaban J connectivity index is 1.51. The minimum Gasteiger partial charge on any atom is -0.493 e. The molecule has 0 amide bonds. The molecular weight excluding hydrogens is 634 g/mol. The van der Waals surface area contributed by atoms with Crippen LogP contribution in [0.25, 0.3) is 10.9 Å². The number of fused-ring (bicyclic) bond motifs is 1. The summed E-state index contributed by atoms with van der Waals surface area (Å²) in [7, 11) is 1.56. The minimum absolute atomic E-state index is 0.184. The average molecular weight is 660 g/mol. The molecule has 0 N–H and O–H groups in total. The van der Waals surface area contributed by atoms with E-state index in [1.165, 1.54) is 11.1 Å². The molecule has 0 atom stereocenters. The molecule has 1 aliphatic carbocycles. The molecule has 9 heteroatoms. The number of nitrogens with zero attached hydrogens (tertiary/aromatic N) is 3. The van der Waals surface area contributed by atoms with Crippen LogP contribution < -0.4 is 15.0 Å². The van der Waals surface area contributed by atoms with Gasteiger partial charge in [0.25, 0.3) is 5.56 Å². The first-order valence-corrected chi connectivity index (χ1v) is 14.4. The fraction of sp³-hybridized carbons (Fsp3) is 0.276. The van der Waals surface area contributed by atoms with E-state index in [9.17, 15) is 4.79 Å². The van der Waals surface area contributed by atoms with Crippen LogP contribution in [0.15, 0.2) is 73.4 Å². The SMILES string of the molecule is COc1cc(C=Nn2c(C3CCCCC3)nc3ccccc3c2=O)c(Br)c(Cl)c1OCc1ccc(Br)cc1.